The summed E-state index contributed by atoms with van der Waals surface area (Å²) in [4.78, 5) is 12.5. The van der Waals surface area contributed by atoms with Gasteiger partial charge in [0, 0.05) is 23.8 Å². The van der Waals surface area contributed by atoms with E-state index >= 15 is 0 Å². The molecule has 2 fully saturated rings. The van der Waals surface area contributed by atoms with Crippen molar-refractivity contribution in [1.29, 1.82) is 0 Å². The van der Waals surface area contributed by atoms with Crippen LogP contribution >= 0.6 is 0 Å². The van der Waals surface area contributed by atoms with Crippen molar-refractivity contribution < 1.29 is 17.6 Å². The number of anilines is 1. The third kappa shape index (κ3) is 4.21. The fourth-order valence-corrected chi connectivity index (χ4v) is 6.28. The van der Waals surface area contributed by atoms with E-state index in [1.807, 2.05) is 0 Å². The first-order valence-corrected chi connectivity index (χ1v) is 11.6. The highest BCUT2D eigenvalue weighted by Gasteiger charge is 2.39. The van der Waals surface area contributed by atoms with Crippen molar-refractivity contribution in [2.45, 2.75) is 49.5 Å². The third-order valence-corrected chi connectivity index (χ3v) is 7.96. The van der Waals surface area contributed by atoms with Crippen LogP contribution in [0.1, 0.15) is 48.9 Å². The van der Waals surface area contributed by atoms with Crippen LogP contribution in [0.25, 0.3) is 0 Å². The molecule has 1 N–H and O–H groups in total. The molecule has 5 nitrogen and oxygen atoms in total. The maximum absolute atomic E-state index is 13.2. The minimum atomic E-state index is -3.56. The molecule has 1 heterocycles. The summed E-state index contributed by atoms with van der Waals surface area (Å²) in [6, 6.07) is 11.6. The largest absolute Gasteiger partial charge is 0.322 e. The minimum Gasteiger partial charge on any atom is -0.322 e. The number of fused-ring (bicyclic) bond motifs is 1. The van der Waals surface area contributed by atoms with Gasteiger partial charge in [0.2, 0.25) is 10.0 Å². The molecular weight excluding hydrogens is 391 g/mol. The molecule has 1 saturated carbocycles. The molecule has 0 radical (unpaired) electrons. The Morgan fingerprint density at radius 3 is 2.31 bits per heavy atom. The SMILES string of the molecule is O=C(Nc1ccc(S(=O)(=O)N2CCC[C@H]3CCCC[C@@H]32)cc1)c1ccc(F)cc1. The molecule has 7 heteroatoms. The molecule has 1 amide bonds. The van der Waals surface area contributed by atoms with Crippen molar-refractivity contribution in [2.75, 3.05) is 11.9 Å². The lowest BCUT2D eigenvalue weighted by Crippen LogP contribution is -2.49. The van der Waals surface area contributed by atoms with Gasteiger partial charge in [-0.1, -0.05) is 12.8 Å². The van der Waals surface area contributed by atoms with E-state index in [-0.39, 0.29) is 16.8 Å². The average molecular weight is 417 g/mol. The highest BCUT2D eigenvalue weighted by atomic mass is 32.2. The molecule has 154 valence electrons. The number of carbonyl (C=O) groups excluding carboxylic acids is 1. The second-order valence-corrected chi connectivity index (χ2v) is 9.75. The number of hydrogen-bond acceptors (Lipinski definition) is 3. The summed E-state index contributed by atoms with van der Waals surface area (Å²) in [5, 5.41) is 2.71. The van der Waals surface area contributed by atoms with E-state index in [1.54, 1.807) is 28.6 Å². The van der Waals surface area contributed by atoms with Gasteiger partial charge in [-0.3, -0.25) is 4.79 Å². The van der Waals surface area contributed by atoms with Crippen LogP contribution in [0.5, 0.6) is 0 Å². The molecular formula is C22H25FN2O3S. The lowest BCUT2D eigenvalue weighted by Gasteiger charge is -2.43. The van der Waals surface area contributed by atoms with E-state index < -0.39 is 15.8 Å². The van der Waals surface area contributed by atoms with Gasteiger partial charge in [0.05, 0.1) is 4.90 Å². The van der Waals surface area contributed by atoms with Gasteiger partial charge in [-0.15, -0.1) is 0 Å². The summed E-state index contributed by atoms with van der Waals surface area (Å²) in [7, 11) is -3.56. The maximum atomic E-state index is 13.2. The van der Waals surface area contributed by atoms with Crippen LogP contribution in [0.4, 0.5) is 10.1 Å². The smallest absolute Gasteiger partial charge is 0.255 e. The van der Waals surface area contributed by atoms with Crippen LogP contribution in [0, 0.1) is 11.7 Å². The number of amides is 1. The quantitative estimate of drug-likeness (QED) is 0.802. The Balaban J connectivity index is 1.49. The Bertz CT molecular complexity index is 972. The zero-order chi connectivity index (χ0) is 20.4. The Labute approximate surface area is 171 Å². The van der Waals surface area contributed by atoms with Crippen molar-refractivity contribution >= 4 is 21.6 Å². The van der Waals surface area contributed by atoms with Gasteiger partial charge in [-0.25, -0.2) is 12.8 Å². The molecule has 0 spiro atoms. The standard InChI is InChI=1S/C22H25FN2O3S/c23-18-9-7-17(8-10-18)22(26)24-19-11-13-20(14-12-19)29(27,28)25-15-3-5-16-4-1-2-6-21(16)25/h7-14,16,21H,1-6,15H2,(H,24,26)/t16-,21+/m1/s1. The van der Waals surface area contributed by atoms with Gasteiger partial charge in [-0.2, -0.15) is 4.31 Å². The summed E-state index contributed by atoms with van der Waals surface area (Å²) in [6.45, 7) is 0.576. The zero-order valence-corrected chi connectivity index (χ0v) is 17.0. The minimum absolute atomic E-state index is 0.111. The van der Waals surface area contributed by atoms with Crippen LogP contribution in [-0.2, 0) is 10.0 Å². The predicted molar refractivity (Wildman–Crippen MR) is 110 cm³/mol. The van der Waals surface area contributed by atoms with E-state index in [4.69, 9.17) is 0 Å². The number of nitrogens with one attached hydrogen (secondary N) is 1. The van der Waals surface area contributed by atoms with Gasteiger partial charge in [0.15, 0.2) is 0 Å². The molecule has 0 unspecified atom stereocenters. The van der Waals surface area contributed by atoms with Gasteiger partial charge in [0.25, 0.3) is 5.91 Å². The summed E-state index contributed by atoms with van der Waals surface area (Å²) in [6.07, 6.45) is 6.36. The molecule has 29 heavy (non-hydrogen) atoms. The first-order valence-electron chi connectivity index (χ1n) is 10.1. The fraction of sp³-hybridized carbons (Fsp3) is 0.409. The molecule has 2 aromatic carbocycles. The molecule has 4 rings (SSSR count). The Kier molecular flexibility index (Phi) is 5.69. The summed E-state index contributed by atoms with van der Waals surface area (Å²) >= 11 is 0. The molecule has 2 aliphatic rings. The van der Waals surface area contributed by atoms with Gasteiger partial charge >= 0.3 is 0 Å². The molecule has 0 aromatic heterocycles. The van der Waals surface area contributed by atoms with Crippen LogP contribution in [0.2, 0.25) is 0 Å². The number of piperidine rings is 1. The zero-order valence-electron chi connectivity index (χ0n) is 16.2. The number of nitrogens with zero attached hydrogens (tertiary/aromatic N) is 1. The van der Waals surface area contributed by atoms with E-state index in [1.165, 1.54) is 30.7 Å². The average Bonchev–Trinajstić information content (AvgIpc) is 2.74. The number of halogens is 1. The Hall–Kier alpha value is -2.25. The Morgan fingerprint density at radius 1 is 0.931 bits per heavy atom. The molecule has 1 saturated heterocycles. The highest BCUT2D eigenvalue weighted by Crippen LogP contribution is 2.38. The van der Waals surface area contributed by atoms with E-state index in [9.17, 15) is 17.6 Å². The van der Waals surface area contributed by atoms with Crippen LogP contribution in [0.15, 0.2) is 53.4 Å². The highest BCUT2D eigenvalue weighted by molar-refractivity contribution is 7.89. The van der Waals surface area contributed by atoms with Crippen LogP contribution in [0.3, 0.4) is 0 Å². The predicted octanol–water partition coefficient (Wildman–Crippen LogP) is 4.42. The van der Waals surface area contributed by atoms with E-state index in [0.717, 1.165) is 32.1 Å². The number of benzene rings is 2. The van der Waals surface area contributed by atoms with Crippen molar-refractivity contribution in [3.8, 4) is 0 Å². The van der Waals surface area contributed by atoms with Crippen molar-refractivity contribution in [1.82, 2.24) is 4.31 Å². The number of rotatable bonds is 4. The normalized spacial score (nSPS) is 22.7. The van der Waals surface area contributed by atoms with Crippen molar-refractivity contribution in [3.63, 3.8) is 0 Å². The van der Waals surface area contributed by atoms with Gasteiger partial charge in [0.1, 0.15) is 5.82 Å². The number of sulfonamides is 1. The van der Waals surface area contributed by atoms with E-state index in [0.29, 0.717) is 23.7 Å². The lowest BCUT2D eigenvalue weighted by molar-refractivity contribution is 0.102. The van der Waals surface area contributed by atoms with Crippen LogP contribution < -0.4 is 5.32 Å². The van der Waals surface area contributed by atoms with E-state index in [2.05, 4.69) is 5.32 Å². The monoisotopic (exact) mass is 416 g/mol. The first-order chi connectivity index (χ1) is 13.9. The Morgan fingerprint density at radius 2 is 1.59 bits per heavy atom. The number of hydrogen-bond donors (Lipinski definition) is 1. The van der Waals surface area contributed by atoms with Gasteiger partial charge < -0.3 is 5.32 Å². The van der Waals surface area contributed by atoms with Crippen molar-refractivity contribution in [3.05, 3.63) is 59.9 Å². The summed E-state index contributed by atoms with van der Waals surface area (Å²) in [5.74, 6) is -0.308. The topological polar surface area (TPSA) is 66.5 Å². The third-order valence-electron chi connectivity index (χ3n) is 6.02. The molecule has 0 bridgehead atoms. The lowest BCUT2D eigenvalue weighted by atomic mass is 9.79. The second-order valence-electron chi connectivity index (χ2n) is 7.86. The summed E-state index contributed by atoms with van der Waals surface area (Å²) < 4.78 is 41.2. The number of carbonyl (C=O) groups is 1. The van der Waals surface area contributed by atoms with Gasteiger partial charge in [-0.05, 0) is 80.1 Å². The molecule has 1 aliphatic carbocycles. The summed E-state index contributed by atoms with van der Waals surface area (Å²) in [5.41, 5.74) is 0.826. The fourth-order valence-electron chi connectivity index (χ4n) is 4.53. The maximum Gasteiger partial charge on any atom is 0.255 e. The molecule has 2 atom stereocenters. The second kappa shape index (κ2) is 8.24. The molecule has 1 aliphatic heterocycles. The molecule has 2 aromatic rings. The van der Waals surface area contributed by atoms with Crippen LogP contribution in [-0.4, -0.2) is 31.2 Å². The first kappa shape index (κ1) is 20.0. The van der Waals surface area contributed by atoms with Crippen molar-refractivity contribution in [2.24, 2.45) is 5.92 Å².